The van der Waals surface area contributed by atoms with Gasteiger partial charge in [0, 0.05) is 7.11 Å². The highest BCUT2D eigenvalue weighted by Gasteiger charge is 2.44. The van der Waals surface area contributed by atoms with Crippen LogP contribution in [0.1, 0.15) is 63.0 Å². The maximum absolute atomic E-state index is 11.9. The summed E-state index contributed by atoms with van der Waals surface area (Å²) in [5.74, 6) is 1.44. The maximum Gasteiger partial charge on any atom is 0.344 e. The van der Waals surface area contributed by atoms with Crippen molar-refractivity contribution in [3.05, 3.63) is 29.3 Å². The molecule has 0 aliphatic heterocycles. The fraction of sp³-hybridized carbons (Fsp3) is 0.731. The third-order valence-electron chi connectivity index (χ3n) is 7.22. The Morgan fingerprint density at radius 3 is 2.81 bits per heavy atom. The summed E-state index contributed by atoms with van der Waals surface area (Å²) in [6.07, 6.45) is 7.95. The van der Waals surface area contributed by atoms with Gasteiger partial charge in [0.25, 0.3) is 0 Å². The minimum Gasteiger partial charge on any atom is -0.482 e. The number of aliphatic hydroxyl groups is 2. The number of unbranched alkanes of at least 4 members (excludes halogenated alkanes) is 2. The molecule has 1 aromatic carbocycles. The van der Waals surface area contributed by atoms with E-state index in [9.17, 15) is 15.0 Å². The zero-order valence-electron chi connectivity index (χ0n) is 19.6. The Bertz CT molecular complexity index is 720. The van der Waals surface area contributed by atoms with Gasteiger partial charge in [0.1, 0.15) is 12.4 Å². The van der Waals surface area contributed by atoms with E-state index in [2.05, 4.69) is 13.0 Å². The molecule has 1 fully saturated rings. The van der Waals surface area contributed by atoms with Gasteiger partial charge in [0.2, 0.25) is 0 Å². The number of aliphatic hydroxyl groups excluding tert-OH is 2. The molecule has 0 saturated heterocycles. The molecule has 2 aliphatic carbocycles. The Balaban J connectivity index is 1.56. The lowest BCUT2D eigenvalue weighted by Gasteiger charge is -2.32. The van der Waals surface area contributed by atoms with Gasteiger partial charge in [-0.25, -0.2) is 4.79 Å². The summed E-state index contributed by atoms with van der Waals surface area (Å²) in [6, 6.07) is 6.02. The minimum absolute atomic E-state index is 0.116. The summed E-state index contributed by atoms with van der Waals surface area (Å²) in [5, 5.41) is 21.1. The van der Waals surface area contributed by atoms with E-state index in [0.717, 1.165) is 62.7 Å². The maximum atomic E-state index is 11.9. The van der Waals surface area contributed by atoms with Crippen molar-refractivity contribution >= 4 is 5.97 Å². The fourth-order valence-corrected chi connectivity index (χ4v) is 5.52. The van der Waals surface area contributed by atoms with E-state index in [1.807, 2.05) is 12.1 Å². The number of hydrogen-bond acceptors (Lipinski definition) is 6. The van der Waals surface area contributed by atoms with Crippen LogP contribution in [0, 0.1) is 17.8 Å². The summed E-state index contributed by atoms with van der Waals surface area (Å²) in [4.78, 5) is 11.9. The molecule has 6 nitrogen and oxygen atoms in total. The summed E-state index contributed by atoms with van der Waals surface area (Å²) in [5.41, 5.74) is 2.41. The van der Waals surface area contributed by atoms with Gasteiger partial charge in [-0.2, -0.15) is 0 Å². The number of fused-ring (bicyclic) bond motifs is 2. The summed E-state index contributed by atoms with van der Waals surface area (Å²) < 4.78 is 15.8. The molecule has 0 amide bonds. The molecule has 6 heteroatoms. The van der Waals surface area contributed by atoms with Crippen LogP contribution in [0.25, 0.3) is 0 Å². The Kier molecular flexibility index (Phi) is 9.82. The first kappa shape index (κ1) is 25.0. The Labute approximate surface area is 192 Å². The molecule has 0 heterocycles. The van der Waals surface area contributed by atoms with Crippen LogP contribution in [0.3, 0.4) is 0 Å². The first-order valence-electron chi connectivity index (χ1n) is 12.3. The Morgan fingerprint density at radius 2 is 2.03 bits per heavy atom. The second-order valence-corrected chi connectivity index (χ2v) is 9.42. The molecule has 0 radical (unpaired) electrons. The number of esters is 1. The van der Waals surface area contributed by atoms with Crippen LogP contribution >= 0.6 is 0 Å². The molecular weight excluding hydrogens is 408 g/mol. The molecular formula is C26H40O6. The van der Waals surface area contributed by atoms with E-state index in [1.165, 1.54) is 12.0 Å². The standard InChI is InChI=1S/C26H40O6/c1-3-4-5-8-20(27)10-11-21-22-14-18-7-6-9-25(23(18)15-19(22)16-24(21)28)32-17-26(29)31-13-12-30-2/h6-7,9,19-22,24,27-28H,3-5,8,10-17H2,1-2H3/t19-,20+,21+,22-,24+/m0/s1. The van der Waals surface area contributed by atoms with Crippen molar-refractivity contribution in [2.24, 2.45) is 17.8 Å². The number of carbonyl (C=O) groups is 1. The van der Waals surface area contributed by atoms with E-state index in [4.69, 9.17) is 14.2 Å². The largest absolute Gasteiger partial charge is 0.482 e. The number of hydrogen-bond donors (Lipinski definition) is 2. The molecule has 5 atom stereocenters. The number of rotatable bonds is 13. The number of carbonyl (C=O) groups excluding carboxylic acids is 1. The first-order chi connectivity index (χ1) is 15.5. The van der Waals surface area contributed by atoms with Gasteiger partial charge in [-0.05, 0) is 73.5 Å². The van der Waals surface area contributed by atoms with Crippen LogP contribution in [-0.2, 0) is 27.1 Å². The number of methoxy groups -OCH3 is 1. The fourth-order valence-electron chi connectivity index (χ4n) is 5.52. The third-order valence-corrected chi connectivity index (χ3v) is 7.22. The predicted octanol–water partition coefficient (Wildman–Crippen LogP) is 3.69. The van der Waals surface area contributed by atoms with Gasteiger partial charge >= 0.3 is 5.97 Å². The van der Waals surface area contributed by atoms with Crippen LogP contribution in [0.15, 0.2) is 18.2 Å². The molecule has 180 valence electrons. The highest BCUT2D eigenvalue weighted by molar-refractivity contribution is 5.71. The molecule has 0 aromatic heterocycles. The zero-order chi connectivity index (χ0) is 22.9. The molecule has 32 heavy (non-hydrogen) atoms. The van der Waals surface area contributed by atoms with Crippen LogP contribution in [0.2, 0.25) is 0 Å². The lowest BCUT2D eigenvalue weighted by molar-refractivity contribution is -0.147. The molecule has 3 rings (SSSR count). The highest BCUT2D eigenvalue weighted by atomic mass is 16.6. The molecule has 0 unspecified atom stereocenters. The summed E-state index contributed by atoms with van der Waals surface area (Å²) in [6.45, 7) is 2.65. The first-order valence-corrected chi connectivity index (χ1v) is 12.3. The molecule has 1 aromatic rings. The second kappa shape index (κ2) is 12.6. The lowest BCUT2D eigenvalue weighted by Crippen LogP contribution is -2.28. The quantitative estimate of drug-likeness (QED) is 0.354. The topological polar surface area (TPSA) is 85.2 Å². The van der Waals surface area contributed by atoms with E-state index < -0.39 is 5.97 Å². The molecule has 0 bridgehead atoms. The third kappa shape index (κ3) is 6.69. The van der Waals surface area contributed by atoms with Crippen LogP contribution in [0.5, 0.6) is 5.75 Å². The minimum atomic E-state index is -0.401. The predicted molar refractivity (Wildman–Crippen MR) is 123 cm³/mol. The van der Waals surface area contributed by atoms with Gasteiger partial charge in [-0.3, -0.25) is 0 Å². The van der Waals surface area contributed by atoms with Crippen LogP contribution in [-0.4, -0.2) is 55.3 Å². The van der Waals surface area contributed by atoms with Crippen molar-refractivity contribution in [2.45, 2.75) is 76.9 Å². The zero-order valence-corrected chi connectivity index (χ0v) is 19.6. The van der Waals surface area contributed by atoms with Crippen molar-refractivity contribution < 1.29 is 29.2 Å². The van der Waals surface area contributed by atoms with Crippen LogP contribution < -0.4 is 4.74 Å². The molecule has 2 N–H and O–H groups in total. The van der Waals surface area contributed by atoms with Gasteiger partial charge in [0.05, 0.1) is 18.8 Å². The number of ether oxygens (including phenoxy) is 3. The van der Waals surface area contributed by atoms with E-state index in [1.54, 1.807) is 7.11 Å². The van der Waals surface area contributed by atoms with E-state index in [0.29, 0.717) is 18.4 Å². The van der Waals surface area contributed by atoms with Crippen molar-refractivity contribution in [1.82, 2.24) is 0 Å². The second-order valence-electron chi connectivity index (χ2n) is 9.42. The van der Waals surface area contributed by atoms with Crippen molar-refractivity contribution in [2.75, 3.05) is 26.9 Å². The van der Waals surface area contributed by atoms with Gasteiger partial charge in [0.15, 0.2) is 6.61 Å². The van der Waals surface area contributed by atoms with Gasteiger partial charge in [-0.1, -0.05) is 38.3 Å². The van der Waals surface area contributed by atoms with Gasteiger partial charge < -0.3 is 24.4 Å². The lowest BCUT2D eigenvalue weighted by atomic mass is 9.73. The average molecular weight is 449 g/mol. The van der Waals surface area contributed by atoms with Crippen molar-refractivity contribution in [1.29, 1.82) is 0 Å². The molecule has 1 saturated carbocycles. The smallest absolute Gasteiger partial charge is 0.344 e. The van der Waals surface area contributed by atoms with Crippen LogP contribution in [0.4, 0.5) is 0 Å². The SMILES string of the molecule is CCCCC[C@@H](O)CC[C@@H]1[C@H]2Cc3cccc(OCC(=O)OCCOC)c3C[C@H]2C[C@H]1O. The normalized spacial score (nSPS) is 25.1. The van der Waals surface area contributed by atoms with E-state index in [-0.39, 0.29) is 31.3 Å². The van der Waals surface area contributed by atoms with E-state index >= 15 is 0 Å². The van der Waals surface area contributed by atoms with Crippen molar-refractivity contribution in [3.63, 3.8) is 0 Å². The van der Waals surface area contributed by atoms with Gasteiger partial charge in [-0.15, -0.1) is 0 Å². The van der Waals surface area contributed by atoms with Crippen molar-refractivity contribution in [3.8, 4) is 5.75 Å². The molecule has 2 aliphatic rings. The molecule has 0 spiro atoms. The average Bonchev–Trinajstić information content (AvgIpc) is 3.09. The Hall–Kier alpha value is -1.63. The monoisotopic (exact) mass is 448 g/mol. The Morgan fingerprint density at radius 1 is 1.19 bits per heavy atom. The summed E-state index contributed by atoms with van der Waals surface area (Å²) >= 11 is 0. The number of benzene rings is 1. The summed E-state index contributed by atoms with van der Waals surface area (Å²) in [7, 11) is 1.56. The highest BCUT2D eigenvalue weighted by Crippen LogP contribution is 2.48.